The zero-order valence-corrected chi connectivity index (χ0v) is 28.9. The molecule has 0 N–H and O–H groups in total. The topological polar surface area (TPSA) is 64.5 Å². The van der Waals surface area contributed by atoms with Crippen molar-refractivity contribution in [3.8, 4) is 56.5 Å². The van der Waals surface area contributed by atoms with E-state index in [1.54, 1.807) is 6.20 Å². The smallest absolute Gasteiger partial charge is 0.178 e. The lowest BCUT2D eigenvalue weighted by atomic mass is 9.98. The largest absolute Gasteiger partial charge is 0.252 e. The van der Waals surface area contributed by atoms with Crippen molar-refractivity contribution < 1.29 is 0 Å². The molecular weight excluding hydrogens is 623 g/mol. The Balaban J connectivity index is 0.00000200. The van der Waals surface area contributed by atoms with Crippen LogP contribution >= 0.6 is 0 Å². The molecule has 0 fully saturated rings. The lowest BCUT2D eigenvalue weighted by Crippen LogP contribution is -1.98. The lowest BCUT2D eigenvalue weighted by molar-refractivity contribution is 1.13. The van der Waals surface area contributed by atoms with Gasteiger partial charge in [0.1, 0.15) is 5.69 Å². The summed E-state index contributed by atoms with van der Waals surface area (Å²) >= 11 is 0. The first-order valence-electron chi connectivity index (χ1n) is 17.2. The van der Waals surface area contributed by atoms with Crippen molar-refractivity contribution in [2.24, 2.45) is 0 Å². The summed E-state index contributed by atoms with van der Waals surface area (Å²) in [6.45, 7) is 6.13. The van der Waals surface area contributed by atoms with Gasteiger partial charge in [0.05, 0.1) is 11.4 Å². The average molecular weight is 660 g/mol. The molecule has 0 saturated heterocycles. The van der Waals surface area contributed by atoms with Gasteiger partial charge in [-0.05, 0) is 51.9 Å². The summed E-state index contributed by atoms with van der Waals surface area (Å²) in [6.07, 6.45) is 5.45. The quantitative estimate of drug-likeness (QED) is 0.184. The zero-order chi connectivity index (χ0) is 35.0. The Morgan fingerprint density at radius 2 is 0.980 bits per heavy atom. The SMILES string of the molecule is CC.Cc1cccccnc(-c2ncc(-c3cc(-c4ccc(-c5ccccc5)cc4)nc(-c4ccccc4)n3)cn2)c2ccc3ccccc3c12. The van der Waals surface area contributed by atoms with E-state index in [2.05, 4.69) is 97.9 Å². The van der Waals surface area contributed by atoms with E-state index < -0.39 is 0 Å². The van der Waals surface area contributed by atoms with Crippen molar-refractivity contribution >= 4 is 21.5 Å². The molecule has 5 heteroatoms. The van der Waals surface area contributed by atoms with Crippen LogP contribution in [0.15, 0.2) is 170 Å². The highest BCUT2D eigenvalue weighted by Crippen LogP contribution is 2.33. The fourth-order valence-electron chi connectivity index (χ4n) is 6.16. The Kier molecular flexibility index (Phi) is 9.89. The number of aromatic nitrogens is 5. The molecule has 51 heavy (non-hydrogen) atoms. The molecule has 5 nitrogen and oxygen atoms in total. The first kappa shape index (κ1) is 32.9. The lowest BCUT2D eigenvalue weighted by Gasteiger charge is -2.11. The van der Waals surface area contributed by atoms with Crippen LogP contribution in [0.2, 0.25) is 0 Å². The maximum Gasteiger partial charge on any atom is 0.178 e. The third-order valence-electron chi connectivity index (χ3n) is 8.64. The third kappa shape index (κ3) is 7.10. The summed E-state index contributed by atoms with van der Waals surface area (Å²) in [5, 5.41) is 4.44. The fraction of sp³-hybridized carbons (Fsp3) is 0.0652. The van der Waals surface area contributed by atoms with E-state index >= 15 is 0 Å². The molecular formula is C46H37N5. The molecule has 3 heterocycles. The van der Waals surface area contributed by atoms with Gasteiger partial charge in [-0.2, -0.15) is 0 Å². The summed E-state index contributed by atoms with van der Waals surface area (Å²) in [5.41, 5.74) is 8.47. The van der Waals surface area contributed by atoms with E-state index in [1.807, 2.05) is 86.9 Å². The van der Waals surface area contributed by atoms with E-state index in [0.29, 0.717) is 17.3 Å². The third-order valence-corrected chi connectivity index (χ3v) is 8.64. The minimum atomic E-state index is 0.538. The van der Waals surface area contributed by atoms with Gasteiger partial charge in [-0.1, -0.05) is 153 Å². The molecule has 0 aliphatic heterocycles. The molecule has 3 aromatic heterocycles. The Morgan fingerprint density at radius 3 is 1.71 bits per heavy atom. The Labute approximate surface area is 298 Å². The highest BCUT2D eigenvalue weighted by Gasteiger charge is 2.14. The van der Waals surface area contributed by atoms with E-state index in [-0.39, 0.29) is 0 Å². The molecule has 8 aromatic rings. The van der Waals surface area contributed by atoms with Gasteiger partial charge < -0.3 is 0 Å². The maximum atomic E-state index is 5.00. The van der Waals surface area contributed by atoms with Gasteiger partial charge >= 0.3 is 0 Å². The Hall–Kier alpha value is -6.59. The summed E-state index contributed by atoms with van der Waals surface area (Å²) < 4.78 is 0. The van der Waals surface area contributed by atoms with Crippen molar-refractivity contribution in [1.82, 2.24) is 24.9 Å². The number of hydrogen-bond donors (Lipinski definition) is 0. The van der Waals surface area contributed by atoms with Crippen molar-refractivity contribution in [2.75, 3.05) is 0 Å². The molecule has 0 atom stereocenters. The zero-order valence-electron chi connectivity index (χ0n) is 28.9. The Bertz CT molecular complexity index is 2480. The number of fused-ring (bicyclic) bond motifs is 3. The highest BCUT2D eigenvalue weighted by molar-refractivity contribution is 6.11. The first-order valence-corrected chi connectivity index (χ1v) is 17.2. The van der Waals surface area contributed by atoms with Crippen LogP contribution in [-0.2, 0) is 0 Å². The molecule has 0 saturated carbocycles. The Morgan fingerprint density at radius 1 is 0.412 bits per heavy atom. The second kappa shape index (κ2) is 15.3. The molecule has 5 aromatic carbocycles. The molecule has 0 aliphatic rings. The molecule has 0 aliphatic carbocycles. The molecule has 0 unspecified atom stereocenters. The summed E-state index contributed by atoms with van der Waals surface area (Å²) in [5.74, 6) is 1.18. The average Bonchev–Trinajstić information content (AvgIpc) is 3.21. The molecule has 0 bridgehead atoms. The van der Waals surface area contributed by atoms with E-state index in [1.165, 1.54) is 10.9 Å². The number of nitrogens with zero attached hydrogens (tertiary/aromatic N) is 5. The van der Waals surface area contributed by atoms with Crippen LogP contribution in [0, 0.1) is 6.92 Å². The maximum absolute atomic E-state index is 5.00. The van der Waals surface area contributed by atoms with Gasteiger partial charge in [0.25, 0.3) is 0 Å². The first-order chi connectivity index (χ1) is 25.2. The normalized spacial score (nSPS) is 10.6. The number of benzene rings is 5. The molecule has 0 spiro atoms. The van der Waals surface area contributed by atoms with Gasteiger partial charge in [0, 0.05) is 40.7 Å². The summed E-state index contributed by atoms with van der Waals surface area (Å²) in [6, 6.07) is 51.7. The number of hydrogen-bond acceptors (Lipinski definition) is 5. The second-order valence-electron chi connectivity index (χ2n) is 11.8. The van der Waals surface area contributed by atoms with Gasteiger partial charge in [-0.15, -0.1) is 0 Å². The van der Waals surface area contributed by atoms with Crippen molar-refractivity contribution in [1.29, 1.82) is 0 Å². The standard InChI is InChI=1S/C44H31N5.C2H6/c1-30-13-5-4-12-26-45-42(38-25-24-33-16-10-11-19-37(33)41(30)38)44-46-28-36(29-47-44)40-27-39(48-43(49-40)35-17-8-3-9-18-35)34-22-20-32(21-23-34)31-14-6-2-7-15-31;1-2/h2-29H,1H3;1-2H3. The van der Waals surface area contributed by atoms with Crippen LogP contribution < -0.4 is 0 Å². The van der Waals surface area contributed by atoms with Crippen molar-refractivity contribution in [2.45, 2.75) is 20.8 Å². The second-order valence-corrected chi connectivity index (χ2v) is 11.8. The van der Waals surface area contributed by atoms with Gasteiger partial charge in [0.15, 0.2) is 11.6 Å². The van der Waals surface area contributed by atoms with Gasteiger partial charge in [-0.25, -0.2) is 19.9 Å². The van der Waals surface area contributed by atoms with Crippen LogP contribution in [-0.4, -0.2) is 24.9 Å². The molecule has 0 radical (unpaired) electrons. The minimum absolute atomic E-state index is 0.538. The van der Waals surface area contributed by atoms with Gasteiger partial charge in [0.2, 0.25) is 0 Å². The van der Waals surface area contributed by atoms with E-state index in [0.717, 1.165) is 55.4 Å². The van der Waals surface area contributed by atoms with Crippen LogP contribution in [0.3, 0.4) is 0 Å². The van der Waals surface area contributed by atoms with Crippen LogP contribution in [0.4, 0.5) is 0 Å². The number of rotatable bonds is 5. The highest BCUT2D eigenvalue weighted by atomic mass is 14.9. The van der Waals surface area contributed by atoms with Crippen LogP contribution in [0.1, 0.15) is 19.4 Å². The number of aryl methyl sites for hydroxylation is 1. The predicted molar refractivity (Wildman–Crippen MR) is 211 cm³/mol. The molecule has 246 valence electrons. The monoisotopic (exact) mass is 659 g/mol. The fourth-order valence-corrected chi connectivity index (χ4v) is 6.16. The van der Waals surface area contributed by atoms with E-state index in [9.17, 15) is 0 Å². The molecule has 8 rings (SSSR count). The summed E-state index contributed by atoms with van der Waals surface area (Å²) in [4.78, 5) is 24.6. The molecule has 0 amide bonds. The van der Waals surface area contributed by atoms with Crippen molar-refractivity contribution in [3.05, 3.63) is 176 Å². The van der Waals surface area contributed by atoms with Crippen LogP contribution in [0.5, 0.6) is 0 Å². The predicted octanol–water partition coefficient (Wildman–Crippen LogP) is 11.8. The van der Waals surface area contributed by atoms with E-state index in [4.69, 9.17) is 24.9 Å². The van der Waals surface area contributed by atoms with Gasteiger partial charge in [-0.3, -0.25) is 4.98 Å². The minimum Gasteiger partial charge on any atom is -0.252 e. The van der Waals surface area contributed by atoms with Crippen LogP contribution in [0.25, 0.3) is 78.1 Å². The van der Waals surface area contributed by atoms with Crippen molar-refractivity contribution in [3.63, 3.8) is 0 Å². The summed E-state index contributed by atoms with van der Waals surface area (Å²) in [7, 11) is 0.